The first-order valence-corrected chi connectivity index (χ1v) is 19.9. The Kier molecular flexibility index (Phi) is 18.7. The molecule has 0 aromatic heterocycles. The Morgan fingerprint density at radius 3 is 2.32 bits per heavy atom. The lowest BCUT2D eigenvalue weighted by Crippen LogP contribution is -2.56. The molecule has 2 rings (SSSR count). The Morgan fingerprint density at radius 2 is 1.75 bits per heavy atom. The van der Waals surface area contributed by atoms with Crippen molar-refractivity contribution in [2.45, 2.75) is 110 Å². The van der Waals surface area contributed by atoms with E-state index in [1.807, 2.05) is 32.4 Å². The van der Waals surface area contributed by atoms with E-state index in [2.05, 4.69) is 15.3 Å². The third-order valence-corrected chi connectivity index (χ3v) is 11.5. The summed E-state index contributed by atoms with van der Waals surface area (Å²) in [5.41, 5.74) is 15.4. The van der Waals surface area contributed by atoms with Crippen molar-refractivity contribution in [3.05, 3.63) is 46.3 Å². The molecule has 4 amide bonds. The Bertz CT molecular complexity index is 1510. The Morgan fingerprint density at radius 1 is 1.09 bits per heavy atom. The highest BCUT2D eigenvalue weighted by molar-refractivity contribution is 7.90. The minimum atomic E-state index is -4.09. The molecule has 0 aliphatic carbocycles. The van der Waals surface area contributed by atoms with Crippen LogP contribution >= 0.6 is 0 Å². The zero-order valence-electron chi connectivity index (χ0n) is 32.4. The molecular formula is C36H60N8O8S. The number of azide groups is 1. The molecule has 1 heterocycles. The number of amides is 4. The maximum Gasteiger partial charge on any atom is 0.256 e. The summed E-state index contributed by atoms with van der Waals surface area (Å²) in [6, 6.07) is 6.01. The molecule has 4 N–H and O–H groups in total. The molecule has 1 aromatic carbocycles. The van der Waals surface area contributed by atoms with Gasteiger partial charge < -0.3 is 30.3 Å². The van der Waals surface area contributed by atoms with Crippen LogP contribution in [0.2, 0.25) is 0 Å². The minimum absolute atomic E-state index is 0.000349. The van der Waals surface area contributed by atoms with Crippen molar-refractivity contribution in [1.29, 1.82) is 0 Å². The van der Waals surface area contributed by atoms with Crippen molar-refractivity contribution in [3.63, 3.8) is 0 Å². The van der Waals surface area contributed by atoms with E-state index in [-0.39, 0.29) is 49.5 Å². The van der Waals surface area contributed by atoms with Crippen LogP contribution < -0.4 is 15.8 Å². The second-order valence-corrected chi connectivity index (χ2v) is 16.0. The van der Waals surface area contributed by atoms with Gasteiger partial charge in [-0.1, -0.05) is 76.5 Å². The number of hydrogen-bond acceptors (Lipinski definition) is 10. The summed E-state index contributed by atoms with van der Waals surface area (Å²) >= 11 is 0. The van der Waals surface area contributed by atoms with E-state index in [9.17, 15) is 27.6 Å². The van der Waals surface area contributed by atoms with Gasteiger partial charge in [0, 0.05) is 45.7 Å². The fourth-order valence-corrected chi connectivity index (χ4v) is 7.89. The molecule has 1 fully saturated rings. The minimum Gasteiger partial charge on any atom is -0.379 e. The smallest absolute Gasteiger partial charge is 0.256 e. The lowest BCUT2D eigenvalue weighted by atomic mass is 9.89. The molecule has 1 unspecified atom stereocenters. The third kappa shape index (κ3) is 13.2. The van der Waals surface area contributed by atoms with Crippen molar-refractivity contribution < 1.29 is 37.1 Å². The van der Waals surface area contributed by atoms with Gasteiger partial charge in [-0.25, -0.2) is 8.42 Å². The number of benzene rings is 1. The van der Waals surface area contributed by atoms with Crippen LogP contribution in [0.3, 0.4) is 0 Å². The van der Waals surface area contributed by atoms with Gasteiger partial charge in [-0.15, -0.1) is 0 Å². The highest BCUT2D eigenvalue weighted by Gasteiger charge is 2.43. The molecule has 298 valence electrons. The van der Waals surface area contributed by atoms with E-state index in [0.717, 1.165) is 6.42 Å². The molecule has 0 bridgehead atoms. The van der Waals surface area contributed by atoms with Crippen LogP contribution in [0.5, 0.6) is 0 Å². The Hall–Kier alpha value is -3.76. The van der Waals surface area contributed by atoms with Crippen molar-refractivity contribution in [2.24, 2.45) is 28.6 Å². The fraction of sp³-hybridized carbons (Fsp3) is 0.722. The molecule has 1 aromatic rings. The number of sulfonamides is 1. The molecule has 53 heavy (non-hydrogen) atoms. The van der Waals surface area contributed by atoms with Gasteiger partial charge in [0.25, 0.3) is 5.91 Å². The monoisotopic (exact) mass is 764 g/mol. The van der Waals surface area contributed by atoms with Crippen LogP contribution in [0.25, 0.3) is 10.4 Å². The number of hydrogen-bond donors (Lipinski definition) is 3. The highest BCUT2D eigenvalue weighted by atomic mass is 32.2. The van der Waals surface area contributed by atoms with E-state index < -0.39 is 69.9 Å². The Balaban J connectivity index is 2.27. The van der Waals surface area contributed by atoms with Crippen LogP contribution in [0.1, 0.15) is 72.3 Å². The third-order valence-electron chi connectivity index (χ3n) is 10.2. The van der Waals surface area contributed by atoms with Gasteiger partial charge in [-0.2, -0.15) is 0 Å². The molecule has 0 saturated carbocycles. The first-order chi connectivity index (χ1) is 25.0. The van der Waals surface area contributed by atoms with Gasteiger partial charge in [0.15, 0.2) is 0 Å². The van der Waals surface area contributed by atoms with Crippen LogP contribution in [0.4, 0.5) is 0 Å². The quantitative estimate of drug-likeness (QED) is 0.0682. The standard InChI is InChI=1S/C36H60N8O8S/c1-9-24(4)32(43(6)36(48)31(37)23(2)3)29(51-7)22-30(45)44-19-13-17-28(44)33(52-8)25(5)34(46)40-27(21-26-15-11-10-12-16-26)35(47)41-53(49,50)20-14-18-39-42-38/h10-12,15-16,23-25,27-29,31-33H,9,13-14,17-22,37H2,1-8H3,(H,40,46)(H,41,47)/t24-,25+,27-,28-,29+,31?,32-,33+/m0/s1. The molecule has 16 nitrogen and oxygen atoms in total. The summed E-state index contributed by atoms with van der Waals surface area (Å²) in [6.07, 6.45) is 0.616. The average molecular weight is 765 g/mol. The summed E-state index contributed by atoms with van der Waals surface area (Å²) in [6.45, 7) is 9.82. The van der Waals surface area contributed by atoms with Crippen molar-refractivity contribution >= 4 is 33.7 Å². The number of nitrogens with zero attached hydrogens (tertiary/aromatic N) is 5. The van der Waals surface area contributed by atoms with E-state index >= 15 is 0 Å². The van der Waals surface area contributed by atoms with Gasteiger partial charge >= 0.3 is 0 Å². The van der Waals surface area contributed by atoms with E-state index in [4.69, 9.17) is 20.7 Å². The number of likely N-dealkylation sites (tertiary alicyclic amines) is 1. The lowest BCUT2D eigenvalue weighted by molar-refractivity contribution is -0.146. The van der Waals surface area contributed by atoms with Crippen LogP contribution in [0.15, 0.2) is 35.4 Å². The summed E-state index contributed by atoms with van der Waals surface area (Å²) in [5, 5.41) is 6.05. The summed E-state index contributed by atoms with van der Waals surface area (Å²) in [4.78, 5) is 60.4. The normalized spacial score (nSPS) is 18.5. The van der Waals surface area contributed by atoms with Gasteiger partial charge in [0.2, 0.25) is 27.7 Å². The first kappa shape index (κ1) is 45.4. The molecule has 0 radical (unpaired) electrons. The maximum absolute atomic E-state index is 14.0. The number of nitrogens with two attached hydrogens (primary N) is 1. The molecule has 17 heteroatoms. The lowest BCUT2D eigenvalue weighted by Gasteiger charge is -2.40. The number of carbonyl (C=O) groups excluding carboxylic acids is 4. The zero-order chi connectivity index (χ0) is 39.9. The SMILES string of the molecule is CC[C@H](C)[C@@H]([C@@H](CC(=O)N1CCC[C@H]1[C@H](OC)[C@@H](C)C(=O)N[C@@H](Cc1ccccc1)C(=O)NS(=O)(=O)CCCN=[N+]=[N-])OC)N(C)C(=O)C(N)C(C)C. The Labute approximate surface area is 314 Å². The molecule has 1 aliphatic heterocycles. The molecular weight excluding hydrogens is 705 g/mol. The van der Waals surface area contributed by atoms with Crippen molar-refractivity contribution in [3.8, 4) is 0 Å². The maximum atomic E-state index is 14.0. The average Bonchev–Trinajstić information content (AvgIpc) is 3.62. The van der Waals surface area contributed by atoms with Crippen molar-refractivity contribution in [2.75, 3.05) is 40.1 Å². The highest BCUT2D eigenvalue weighted by Crippen LogP contribution is 2.29. The molecule has 1 saturated heterocycles. The predicted molar refractivity (Wildman–Crippen MR) is 202 cm³/mol. The van der Waals surface area contributed by atoms with Gasteiger partial charge in [-0.05, 0) is 42.2 Å². The second-order valence-electron chi connectivity index (χ2n) is 14.2. The number of likely N-dealkylation sites (N-methyl/N-ethyl adjacent to an activating group) is 1. The second kappa shape index (κ2) is 21.8. The number of ether oxygens (including phenoxy) is 2. The van der Waals surface area contributed by atoms with E-state index in [1.54, 1.807) is 54.1 Å². The topological polar surface area (TPSA) is 226 Å². The van der Waals surface area contributed by atoms with Crippen LogP contribution in [-0.2, 0) is 45.1 Å². The van der Waals surface area contributed by atoms with Crippen LogP contribution in [0, 0.1) is 17.8 Å². The predicted octanol–water partition coefficient (Wildman–Crippen LogP) is 2.76. The van der Waals surface area contributed by atoms with Crippen LogP contribution in [-0.4, -0.2) is 118 Å². The summed E-state index contributed by atoms with van der Waals surface area (Å²) in [5.74, 6) is -3.26. The van der Waals surface area contributed by atoms with E-state index in [1.165, 1.54) is 14.2 Å². The number of rotatable bonds is 22. The number of nitrogens with one attached hydrogen (secondary N) is 2. The number of carbonyl (C=O) groups is 4. The molecule has 0 spiro atoms. The number of methoxy groups -OCH3 is 2. The molecule has 8 atom stereocenters. The summed E-state index contributed by atoms with van der Waals surface area (Å²) in [7, 11) is 0.593. The van der Waals surface area contributed by atoms with E-state index in [0.29, 0.717) is 24.9 Å². The van der Waals surface area contributed by atoms with Gasteiger partial charge in [0.05, 0.1) is 48.4 Å². The first-order valence-electron chi connectivity index (χ1n) is 18.3. The zero-order valence-corrected chi connectivity index (χ0v) is 33.3. The fourth-order valence-electron chi connectivity index (χ4n) is 6.83. The largest absolute Gasteiger partial charge is 0.379 e. The van der Waals surface area contributed by atoms with Crippen molar-refractivity contribution in [1.82, 2.24) is 19.8 Å². The van der Waals surface area contributed by atoms with Gasteiger partial charge in [-0.3, -0.25) is 23.9 Å². The van der Waals surface area contributed by atoms with Gasteiger partial charge in [0.1, 0.15) is 6.04 Å². The molecule has 1 aliphatic rings. The summed E-state index contributed by atoms with van der Waals surface area (Å²) < 4.78 is 39.1.